The fraction of sp³-hybridized carbons (Fsp3) is 0.176. The summed E-state index contributed by atoms with van der Waals surface area (Å²) in [5.41, 5.74) is 3.30. The molecule has 0 spiro atoms. The maximum Gasteiger partial charge on any atom is 0.387 e. The lowest BCUT2D eigenvalue weighted by Crippen LogP contribution is -2.17. The molecule has 5 nitrogen and oxygen atoms in total. The van der Waals surface area contributed by atoms with E-state index in [-0.39, 0.29) is 18.1 Å². The first-order valence-corrected chi connectivity index (χ1v) is 7.68. The van der Waals surface area contributed by atoms with Crippen LogP contribution in [0.15, 0.2) is 47.6 Å². The van der Waals surface area contributed by atoms with Crippen molar-refractivity contribution < 1.29 is 23.0 Å². The van der Waals surface area contributed by atoms with E-state index in [1.165, 1.54) is 24.4 Å². The quantitative estimate of drug-likeness (QED) is 0.591. The molecule has 0 heterocycles. The Kier molecular flexibility index (Phi) is 6.71. The second-order valence-electron chi connectivity index (χ2n) is 4.72. The zero-order valence-corrected chi connectivity index (χ0v) is 14.0. The number of benzene rings is 2. The smallest absolute Gasteiger partial charge is 0.387 e. The van der Waals surface area contributed by atoms with Gasteiger partial charge in [-0.15, -0.1) is 0 Å². The SMILES string of the molecule is CCOc1cc(/C=N\NC(=O)c2ccc(Cl)cc2)ccc1OC(F)F. The first-order chi connectivity index (χ1) is 12.0. The minimum atomic E-state index is -2.95. The molecular weight excluding hydrogens is 354 g/mol. The first kappa shape index (κ1) is 18.7. The highest BCUT2D eigenvalue weighted by Crippen LogP contribution is 2.29. The maximum atomic E-state index is 12.4. The lowest BCUT2D eigenvalue weighted by molar-refractivity contribution is -0.0514. The van der Waals surface area contributed by atoms with E-state index in [1.807, 2.05) is 0 Å². The largest absolute Gasteiger partial charge is 0.490 e. The van der Waals surface area contributed by atoms with Gasteiger partial charge in [-0.25, -0.2) is 5.43 Å². The predicted molar refractivity (Wildman–Crippen MR) is 90.8 cm³/mol. The summed E-state index contributed by atoms with van der Waals surface area (Å²) in [6, 6.07) is 10.7. The number of ether oxygens (including phenoxy) is 2. The standard InChI is InChI=1S/C17H15ClF2N2O3/c1-2-24-15-9-11(3-8-14(15)25-17(19)20)10-21-22-16(23)12-4-6-13(18)7-5-12/h3-10,17H,2H2,1H3,(H,22,23)/b21-10-. The topological polar surface area (TPSA) is 59.9 Å². The average molecular weight is 369 g/mol. The van der Waals surface area contributed by atoms with E-state index in [9.17, 15) is 13.6 Å². The molecule has 0 saturated heterocycles. The summed E-state index contributed by atoms with van der Waals surface area (Å²) in [5.74, 6) is -0.314. The lowest BCUT2D eigenvalue weighted by atomic mass is 10.2. The van der Waals surface area contributed by atoms with Crippen LogP contribution < -0.4 is 14.9 Å². The molecule has 1 amide bonds. The Bertz CT molecular complexity index is 752. The molecule has 2 aromatic carbocycles. The summed E-state index contributed by atoms with van der Waals surface area (Å²) in [6.45, 7) is -0.940. The zero-order chi connectivity index (χ0) is 18.2. The number of amides is 1. The van der Waals surface area contributed by atoms with Crippen molar-refractivity contribution in [3.8, 4) is 11.5 Å². The Hall–Kier alpha value is -2.67. The van der Waals surface area contributed by atoms with Crippen molar-refractivity contribution in [2.24, 2.45) is 5.10 Å². The molecule has 0 radical (unpaired) electrons. The van der Waals surface area contributed by atoms with E-state index in [4.69, 9.17) is 16.3 Å². The van der Waals surface area contributed by atoms with Crippen LogP contribution in [0.3, 0.4) is 0 Å². The highest BCUT2D eigenvalue weighted by Gasteiger charge is 2.11. The van der Waals surface area contributed by atoms with Gasteiger partial charge in [0.1, 0.15) is 0 Å². The number of nitrogens with zero attached hydrogens (tertiary/aromatic N) is 1. The molecule has 132 valence electrons. The molecule has 0 bridgehead atoms. The summed E-state index contributed by atoms with van der Waals surface area (Å²) in [6.07, 6.45) is 1.36. The molecule has 0 saturated carbocycles. The molecule has 0 unspecified atom stereocenters. The number of hydrogen-bond acceptors (Lipinski definition) is 4. The van der Waals surface area contributed by atoms with Gasteiger partial charge in [-0.1, -0.05) is 11.6 Å². The molecule has 0 atom stereocenters. The van der Waals surface area contributed by atoms with Crippen LogP contribution in [0, 0.1) is 0 Å². The van der Waals surface area contributed by atoms with Crippen LogP contribution in [-0.2, 0) is 0 Å². The molecule has 0 aromatic heterocycles. The fourth-order valence-electron chi connectivity index (χ4n) is 1.90. The van der Waals surface area contributed by atoms with Crippen LogP contribution in [0.1, 0.15) is 22.8 Å². The van der Waals surface area contributed by atoms with E-state index >= 15 is 0 Å². The van der Waals surface area contributed by atoms with E-state index in [0.29, 0.717) is 16.1 Å². The Balaban J connectivity index is 2.05. The Morgan fingerprint density at radius 3 is 2.60 bits per heavy atom. The van der Waals surface area contributed by atoms with Gasteiger partial charge >= 0.3 is 6.61 Å². The van der Waals surface area contributed by atoms with Crippen molar-refractivity contribution >= 4 is 23.7 Å². The third-order valence-electron chi connectivity index (χ3n) is 2.97. The number of carbonyl (C=O) groups is 1. The molecule has 2 rings (SSSR count). The number of carbonyl (C=O) groups excluding carboxylic acids is 1. The molecule has 0 aliphatic heterocycles. The Morgan fingerprint density at radius 1 is 1.24 bits per heavy atom. The third-order valence-corrected chi connectivity index (χ3v) is 3.22. The average Bonchev–Trinajstić information content (AvgIpc) is 2.57. The molecule has 0 aliphatic rings. The number of hydrogen-bond donors (Lipinski definition) is 1. The van der Waals surface area contributed by atoms with Crippen LogP contribution in [-0.4, -0.2) is 25.3 Å². The number of halogens is 3. The summed E-state index contributed by atoms with van der Waals surface area (Å²) < 4.78 is 34.4. The van der Waals surface area contributed by atoms with Gasteiger partial charge in [0.15, 0.2) is 11.5 Å². The second-order valence-corrected chi connectivity index (χ2v) is 5.16. The van der Waals surface area contributed by atoms with Gasteiger partial charge in [-0.2, -0.15) is 13.9 Å². The Labute approximate surface area is 148 Å². The summed E-state index contributed by atoms with van der Waals surface area (Å²) in [4.78, 5) is 11.9. The van der Waals surface area contributed by atoms with Crippen molar-refractivity contribution in [3.05, 3.63) is 58.6 Å². The molecule has 1 N–H and O–H groups in total. The summed E-state index contributed by atoms with van der Waals surface area (Å²) >= 11 is 5.76. The van der Waals surface area contributed by atoms with Gasteiger partial charge in [-0.05, 0) is 55.0 Å². The van der Waals surface area contributed by atoms with Gasteiger partial charge in [0.2, 0.25) is 0 Å². The summed E-state index contributed by atoms with van der Waals surface area (Å²) in [7, 11) is 0. The predicted octanol–water partition coefficient (Wildman–Crippen LogP) is 4.10. The van der Waals surface area contributed by atoms with E-state index in [1.54, 1.807) is 31.2 Å². The normalized spacial score (nSPS) is 10.9. The molecule has 8 heteroatoms. The highest BCUT2D eigenvalue weighted by molar-refractivity contribution is 6.30. The van der Waals surface area contributed by atoms with E-state index < -0.39 is 12.5 Å². The van der Waals surface area contributed by atoms with Gasteiger partial charge in [-0.3, -0.25) is 4.79 Å². The van der Waals surface area contributed by atoms with Gasteiger partial charge in [0.25, 0.3) is 5.91 Å². The van der Waals surface area contributed by atoms with Gasteiger partial charge < -0.3 is 9.47 Å². The summed E-state index contributed by atoms with van der Waals surface area (Å²) in [5, 5.41) is 4.35. The van der Waals surface area contributed by atoms with Crippen molar-refractivity contribution in [2.75, 3.05) is 6.61 Å². The van der Waals surface area contributed by atoms with Crippen molar-refractivity contribution in [2.45, 2.75) is 13.5 Å². The Morgan fingerprint density at radius 2 is 1.96 bits per heavy atom. The maximum absolute atomic E-state index is 12.4. The molecular formula is C17H15ClF2N2O3. The van der Waals surface area contributed by atoms with E-state index in [0.717, 1.165) is 0 Å². The lowest BCUT2D eigenvalue weighted by Gasteiger charge is -2.11. The van der Waals surface area contributed by atoms with Crippen LogP contribution in [0.5, 0.6) is 11.5 Å². The minimum absolute atomic E-state index is 0.0702. The first-order valence-electron chi connectivity index (χ1n) is 7.30. The van der Waals surface area contributed by atoms with Crippen LogP contribution in [0.2, 0.25) is 5.02 Å². The van der Waals surface area contributed by atoms with Crippen LogP contribution in [0.4, 0.5) is 8.78 Å². The van der Waals surface area contributed by atoms with Crippen LogP contribution >= 0.6 is 11.6 Å². The zero-order valence-electron chi connectivity index (χ0n) is 13.2. The number of alkyl halides is 2. The second kappa shape index (κ2) is 8.98. The van der Waals surface area contributed by atoms with Gasteiger partial charge in [0.05, 0.1) is 12.8 Å². The van der Waals surface area contributed by atoms with Crippen molar-refractivity contribution in [1.29, 1.82) is 0 Å². The number of nitrogens with one attached hydrogen (secondary N) is 1. The number of rotatable bonds is 7. The molecule has 0 fully saturated rings. The molecule has 2 aromatic rings. The monoisotopic (exact) mass is 368 g/mol. The minimum Gasteiger partial charge on any atom is -0.490 e. The van der Waals surface area contributed by atoms with Crippen molar-refractivity contribution in [3.63, 3.8) is 0 Å². The highest BCUT2D eigenvalue weighted by atomic mass is 35.5. The third kappa shape index (κ3) is 5.72. The van der Waals surface area contributed by atoms with Gasteiger partial charge in [0, 0.05) is 10.6 Å². The van der Waals surface area contributed by atoms with Crippen molar-refractivity contribution in [1.82, 2.24) is 5.43 Å². The fourth-order valence-corrected chi connectivity index (χ4v) is 2.02. The van der Waals surface area contributed by atoms with Crippen LogP contribution in [0.25, 0.3) is 0 Å². The molecule has 0 aliphatic carbocycles. The van der Waals surface area contributed by atoms with E-state index in [2.05, 4.69) is 15.3 Å². The number of hydrazone groups is 1. The molecule has 25 heavy (non-hydrogen) atoms.